The number of nitrogens with one attached hydrogen (secondary N) is 3. The van der Waals surface area contributed by atoms with Crippen LogP contribution in [-0.4, -0.2) is 36.4 Å². The number of aliphatic carboxylic acids is 1. The standard InChI is InChI=1S/C25H25N3O6/c1-17-5-2-3-8-22(17)28-24(31)26-19-9-11-20(12-10-19)27-25(32)33-14-13-18-6-4-7-21(15-18)34-16-23(29)30/h2-12,15H,13-14,16H2,1H3,(H,27,32)(H,29,30)(H2,26,28,31). The van der Waals surface area contributed by atoms with E-state index in [0.29, 0.717) is 23.5 Å². The highest BCUT2D eigenvalue weighted by Gasteiger charge is 2.07. The minimum atomic E-state index is -1.06. The van der Waals surface area contributed by atoms with Crippen molar-refractivity contribution in [1.29, 1.82) is 0 Å². The number of ether oxygens (including phenoxy) is 2. The highest BCUT2D eigenvalue weighted by Crippen LogP contribution is 2.17. The zero-order valence-electron chi connectivity index (χ0n) is 18.5. The molecule has 0 saturated heterocycles. The predicted octanol–water partition coefficient (Wildman–Crippen LogP) is 4.89. The summed E-state index contributed by atoms with van der Waals surface area (Å²) in [5.41, 5.74) is 3.60. The molecular weight excluding hydrogens is 438 g/mol. The van der Waals surface area contributed by atoms with Gasteiger partial charge >= 0.3 is 18.1 Å². The van der Waals surface area contributed by atoms with E-state index in [1.807, 2.05) is 37.3 Å². The van der Waals surface area contributed by atoms with Crippen molar-refractivity contribution >= 4 is 35.2 Å². The molecule has 0 radical (unpaired) electrons. The molecule has 3 rings (SSSR count). The molecule has 0 aliphatic carbocycles. The second kappa shape index (κ2) is 11.9. The Labute approximate surface area is 196 Å². The highest BCUT2D eigenvalue weighted by molar-refractivity contribution is 6.00. The lowest BCUT2D eigenvalue weighted by molar-refractivity contribution is -0.139. The molecule has 3 aromatic rings. The van der Waals surface area contributed by atoms with Crippen LogP contribution < -0.4 is 20.7 Å². The van der Waals surface area contributed by atoms with Crippen LogP contribution in [-0.2, 0) is 16.0 Å². The number of carbonyl (C=O) groups excluding carboxylic acids is 2. The molecule has 0 heterocycles. The van der Waals surface area contributed by atoms with Crippen LogP contribution in [0, 0.1) is 6.92 Å². The first-order valence-corrected chi connectivity index (χ1v) is 10.5. The molecule has 0 aliphatic heterocycles. The van der Waals surface area contributed by atoms with Gasteiger partial charge in [-0.25, -0.2) is 14.4 Å². The quantitative estimate of drug-likeness (QED) is 0.358. The number of hydrogen-bond acceptors (Lipinski definition) is 5. The number of carboxylic acids is 1. The molecule has 9 heteroatoms. The van der Waals surface area contributed by atoms with Gasteiger partial charge in [-0.2, -0.15) is 0 Å². The van der Waals surface area contributed by atoms with Gasteiger partial charge in [-0.05, 0) is 60.5 Å². The van der Waals surface area contributed by atoms with E-state index in [0.717, 1.165) is 16.8 Å². The summed E-state index contributed by atoms with van der Waals surface area (Å²) in [7, 11) is 0. The van der Waals surface area contributed by atoms with E-state index in [2.05, 4.69) is 16.0 Å². The molecule has 0 spiro atoms. The van der Waals surface area contributed by atoms with E-state index in [1.54, 1.807) is 42.5 Å². The topological polar surface area (TPSA) is 126 Å². The molecule has 34 heavy (non-hydrogen) atoms. The van der Waals surface area contributed by atoms with E-state index < -0.39 is 18.7 Å². The summed E-state index contributed by atoms with van der Waals surface area (Å²) in [5.74, 6) is -0.620. The van der Waals surface area contributed by atoms with Crippen molar-refractivity contribution < 1.29 is 29.0 Å². The van der Waals surface area contributed by atoms with Gasteiger partial charge < -0.3 is 25.2 Å². The fourth-order valence-corrected chi connectivity index (χ4v) is 2.99. The largest absolute Gasteiger partial charge is 0.482 e. The van der Waals surface area contributed by atoms with Crippen LogP contribution in [0.3, 0.4) is 0 Å². The van der Waals surface area contributed by atoms with Crippen LogP contribution in [0.5, 0.6) is 5.75 Å². The van der Waals surface area contributed by atoms with E-state index in [9.17, 15) is 14.4 Å². The van der Waals surface area contributed by atoms with Gasteiger partial charge in [-0.3, -0.25) is 5.32 Å². The summed E-state index contributed by atoms with van der Waals surface area (Å²) in [5, 5.41) is 16.8. The number of urea groups is 1. The minimum Gasteiger partial charge on any atom is -0.482 e. The summed E-state index contributed by atoms with van der Waals surface area (Å²) >= 11 is 0. The van der Waals surface area contributed by atoms with Gasteiger partial charge in [0, 0.05) is 23.5 Å². The van der Waals surface area contributed by atoms with Crippen LogP contribution >= 0.6 is 0 Å². The number of amides is 3. The zero-order chi connectivity index (χ0) is 24.3. The number of carbonyl (C=O) groups is 3. The van der Waals surface area contributed by atoms with Crippen molar-refractivity contribution in [1.82, 2.24) is 0 Å². The van der Waals surface area contributed by atoms with Crippen LogP contribution in [0.25, 0.3) is 0 Å². The van der Waals surface area contributed by atoms with Crippen LogP contribution in [0.4, 0.5) is 26.7 Å². The molecule has 0 unspecified atom stereocenters. The van der Waals surface area contributed by atoms with Crippen LogP contribution in [0.2, 0.25) is 0 Å². The number of anilines is 3. The number of hydrogen-bond donors (Lipinski definition) is 4. The lowest BCUT2D eigenvalue weighted by Crippen LogP contribution is -2.20. The highest BCUT2D eigenvalue weighted by atomic mass is 16.5. The van der Waals surface area contributed by atoms with Crippen molar-refractivity contribution in [3.8, 4) is 5.75 Å². The Bertz CT molecular complexity index is 1150. The summed E-state index contributed by atoms with van der Waals surface area (Å²) in [6.45, 7) is 1.62. The Balaban J connectivity index is 1.41. The Morgan fingerprint density at radius 3 is 2.26 bits per heavy atom. The van der Waals surface area contributed by atoms with Gasteiger partial charge in [0.25, 0.3) is 0 Å². The molecule has 176 valence electrons. The molecule has 0 fully saturated rings. The van der Waals surface area contributed by atoms with Crippen molar-refractivity contribution in [3.05, 3.63) is 83.9 Å². The maximum Gasteiger partial charge on any atom is 0.411 e. The molecule has 4 N–H and O–H groups in total. The third-order valence-electron chi connectivity index (χ3n) is 4.67. The molecule has 9 nitrogen and oxygen atoms in total. The Morgan fingerprint density at radius 1 is 0.853 bits per heavy atom. The monoisotopic (exact) mass is 463 g/mol. The molecular formula is C25H25N3O6. The fraction of sp³-hybridized carbons (Fsp3) is 0.160. The first kappa shape index (κ1) is 24.1. The number of benzene rings is 3. The average Bonchev–Trinajstić information content (AvgIpc) is 2.81. The molecule has 0 bridgehead atoms. The normalized spacial score (nSPS) is 10.1. The van der Waals surface area contributed by atoms with Gasteiger partial charge in [0.1, 0.15) is 5.75 Å². The third-order valence-corrected chi connectivity index (χ3v) is 4.67. The molecule has 0 saturated carbocycles. The fourth-order valence-electron chi connectivity index (χ4n) is 2.99. The average molecular weight is 463 g/mol. The van der Waals surface area contributed by atoms with Crippen molar-refractivity contribution in [2.75, 3.05) is 29.2 Å². The number of carboxylic acid groups (broad SMARTS) is 1. The summed E-state index contributed by atoms with van der Waals surface area (Å²) in [6.07, 6.45) is -0.174. The molecule has 0 aromatic heterocycles. The first-order valence-electron chi connectivity index (χ1n) is 10.5. The second-order valence-electron chi connectivity index (χ2n) is 7.31. The Morgan fingerprint density at radius 2 is 1.56 bits per heavy atom. The lowest BCUT2D eigenvalue weighted by atomic mass is 10.1. The van der Waals surface area contributed by atoms with Crippen molar-refractivity contribution in [2.24, 2.45) is 0 Å². The van der Waals surface area contributed by atoms with Crippen molar-refractivity contribution in [3.63, 3.8) is 0 Å². The zero-order valence-corrected chi connectivity index (χ0v) is 18.5. The molecule has 0 atom stereocenters. The summed E-state index contributed by atoms with van der Waals surface area (Å²) < 4.78 is 10.3. The predicted molar refractivity (Wildman–Crippen MR) is 129 cm³/mol. The van der Waals surface area contributed by atoms with Crippen LogP contribution in [0.15, 0.2) is 72.8 Å². The van der Waals surface area contributed by atoms with E-state index >= 15 is 0 Å². The minimum absolute atomic E-state index is 0.132. The van der Waals surface area contributed by atoms with Crippen LogP contribution in [0.1, 0.15) is 11.1 Å². The van der Waals surface area contributed by atoms with Gasteiger partial charge in [-0.1, -0.05) is 30.3 Å². The van der Waals surface area contributed by atoms with Gasteiger partial charge in [-0.15, -0.1) is 0 Å². The smallest absolute Gasteiger partial charge is 0.411 e. The third kappa shape index (κ3) is 7.86. The van der Waals surface area contributed by atoms with Gasteiger partial charge in [0.05, 0.1) is 6.61 Å². The van der Waals surface area contributed by atoms with E-state index in [-0.39, 0.29) is 12.6 Å². The van der Waals surface area contributed by atoms with Crippen molar-refractivity contribution in [2.45, 2.75) is 13.3 Å². The van der Waals surface area contributed by atoms with E-state index in [1.165, 1.54) is 0 Å². The summed E-state index contributed by atoms with van der Waals surface area (Å²) in [6, 6.07) is 20.6. The SMILES string of the molecule is Cc1ccccc1NC(=O)Nc1ccc(NC(=O)OCCc2cccc(OCC(=O)O)c2)cc1. The second-order valence-corrected chi connectivity index (χ2v) is 7.31. The first-order chi connectivity index (χ1) is 16.4. The number of rotatable bonds is 9. The number of para-hydroxylation sites is 1. The summed E-state index contributed by atoms with van der Waals surface area (Å²) in [4.78, 5) is 34.8. The maximum atomic E-state index is 12.2. The van der Waals surface area contributed by atoms with Gasteiger partial charge in [0.15, 0.2) is 6.61 Å². The maximum absolute atomic E-state index is 12.2. The molecule has 3 aromatic carbocycles. The Kier molecular flexibility index (Phi) is 8.45. The Hall–Kier alpha value is -4.53. The van der Waals surface area contributed by atoms with Gasteiger partial charge in [0.2, 0.25) is 0 Å². The number of aryl methyl sites for hydroxylation is 1. The van der Waals surface area contributed by atoms with E-state index in [4.69, 9.17) is 14.6 Å². The lowest BCUT2D eigenvalue weighted by Gasteiger charge is -2.11. The molecule has 0 aliphatic rings. The molecule has 3 amide bonds.